The standard InChI is InChI=1S/C63H115NO9/c1-64(2)56-57-54-58(71-51-45-39-33-27-21-15-9-3-6-12-18-24-30-36-42-48-60(65)66)63(73-53-47-41-35-29-23-17-11-5-8-14-20-26-32-38-44-50-62(69)70)59(55-57)72-52-46-40-34-28-22-16-10-4-7-13-19-25-31-37-43-49-61(67)68/h54-55H,3-53,56H2,1-2H3,(H,65,66)(H,67,68)(H,69,70). The van der Waals surface area contributed by atoms with Crippen molar-refractivity contribution in [2.24, 2.45) is 0 Å². The van der Waals surface area contributed by atoms with Crippen molar-refractivity contribution in [1.29, 1.82) is 0 Å². The highest BCUT2D eigenvalue weighted by Crippen LogP contribution is 2.40. The van der Waals surface area contributed by atoms with Crippen LogP contribution in [0.5, 0.6) is 17.2 Å². The Hall–Kier alpha value is -3.01. The van der Waals surface area contributed by atoms with Gasteiger partial charge < -0.3 is 34.4 Å². The molecule has 0 spiro atoms. The molecule has 1 rings (SSSR count). The Morgan fingerprint density at radius 1 is 0.315 bits per heavy atom. The smallest absolute Gasteiger partial charge is 0.303 e. The van der Waals surface area contributed by atoms with E-state index >= 15 is 0 Å². The van der Waals surface area contributed by atoms with E-state index in [0.717, 1.165) is 81.6 Å². The van der Waals surface area contributed by atoms with E-state index in [1.54, 1.807) is 0 Å². The van der Waals surface area contributed by atoms with Crippen molar-refractivity contribution in [3.63, 3.8) is 0 Å². The molecule has 0 aliphatic heterocycles. The molecule has 0 aliphatic carbocycles. The molecule has 0 bridgehead atoms. The minimum atomic E-state index is -0.672. The third kappa shape index (κ3) is 48.4. The van der Waals surface area contributed by atoms with Crippen LogP contribution in [-0.2, 0) is 20.9 Å². The number of ether oxygens (including phenoxy) is 3. The van der Waals surface area contributed by atoms with Gasteiger partial charge in [-0.3, -0.25) is 14.4 Å². The molecule has 426 valence electrons. The first-order valence-electron chi connectivity index (χ1n) is 31.0. The van der Waals surface area contributed by atoms with Gasteiger partial charge in [0.05, 0.1) is 19.8 Å². The fraction of sp³-hybridized carbons (Fsp3) is 0.857. The van der Waals surface area contributed by atoms with Crippen LogP contribution in [0, 0.1) is 0 Å². The van der Waals surface area contributed by atoms with Crippen LogP contribution in [0.25, 0.3) is 0 Å². The zero-order valence-electron chi connectivity index (χ0n) is 47.7. The quantitative estimate of drug-likeness (QED) is 0.0540. The zero-order valence-corrected chi connectivity index (χ0v) is 47.7. The Morgan fingerprint density at radius 3 is 0.712 bits per heavy atom. The van der Waals surface area contributed by atoms with E-state index in [4.69, 9.17) is 29.5 Å². The lowest BCUT2D eigenvalue weighted by Crippen LogP contribution is -2.12. The van der Waals surface area contributed by atoms with Crippen LogP contribution in [0.4, 0.5) is 0 Å². The summed E-state index contributed by atoms with van der Waals surface area (Å²) in [5.74, 6) is 0.429. The summed E-state index contributed by atoms with van der Waals surface area (Å²) >= 11 is 0. The van der Waals surface area contributed by atoms with E-state index in [2.05, 4.69) is 31.1 Å². The largest absolute Gasteiger partial charge is 0.490 e. The van der Waals surface area contributed by atoms with Gasteiger partial charge in [-0.25, -0.2) is 0 Å². The van der Waals surface area contributed by atoms with E-state index in [1.807, 2.05) is 0 Å². The normalized spacial score (nSPS) is 11.4. The second-order valence-electron chi connectivity index (χ2n) is 22.0. The lowest BCUT2D eigenvalue weighted by molar-refractivity contribution is -0.138. The SMILES string of the molecule is CN(C)Cc1cc(OCCCCCCCCCCCCCCCCCC(=O)O)c(OCCCCCCCCCCCCCCCCCC(=O)O)c(OCCCCCCCCCCCCCCCCCC(=O)O)c1. The molecule has 10 heteroatoms. The minimum absolute atomic E-state index is 0.313. The number of nitrogens with zero attached hydrogens (tertiary/aromatic N) is 1. The molecule has 1 aromatic rings. The third-order valence-electron chi connectivity index (χ3n) is 14.4. The summed E-state index contributed by atoms with van der Waals surface area (Å²) in [6.07, 6.45) is 55.9. The predicted molar refractivity (Wildman–Crippen MR) is 305 cm³/mol. The van der Waals surface area contributed by atoms with E-state index in [-0.39, 0.29) is 0 Å². The molecule has 0 unspecified atom stereocenters. The van der Waals surface area contributed by atoms with Crippen LogP contribution in [0.15, 0.2) is 12.1 Å². The first-order valence-corrected chi connectivity index (χ1v) is 31.0. The minimum Gasteiger partial charge on any atom is -0.490 e. The van der Waals surface area contributed by atoms with Crippen LogP contribution in [0.2, 0.25) is 0 Å². The van der Waals surface area contributed by atoms with Gasteiger partial charge in [0.2, 0.25) is 5.75 Å². The first kappa shape index (κ1) is 68.0. The van der Waals surface area contributed by atoms with Crippen LogP contribution >= 0.6 is 0 Å². The molecule has 0 saturated heterocycles. The Labute approximate surface area is 448 Å². The molecule has 0 radical (unpaired) electrons. The predicted octanol–water partition coefficient (Wildman–Crippen LogP) is 18.9. The monoisotopic (exact) mass is 1030 g/mol. The Kier molecular flexibility index (Phi) is 48.8. The molecule has 0 heterocycles. The molecule has 73 heavy (non-hydrogen) atoms. The van der Waals surface area contributed by atoms with Crippen molar-refractivity contribution in [2.75, 3.05) is 33.9 Å². The molecule has 10 nitrogen and oxygen atoms in total. The highest BCUT2D eigenvalue weighted by molar-refractivity contribution is 5.67. The van der Waals surface area contributed by atoms with Gasteiger partial charge in [0, 0.05) is 25.8 Å². The van der Waals surface area contributed by atoms with E-state index in [1.165, 1.54) is 237 Å². The number of carboxylic acids is 3. The number of carbonyl (C=O) groups is 3. The van der Waals surface area contributed by atoms with E-state index in [0.29, 0.717) is 39.1 Å². The van der Waals surface area contributed by atoms with Crippen LogP contribution in [0.1, 0.15) is 314 Å². The highest BCUT2D eigenvalue weighted by Gasteiger charge is 2.17. The van der Waals surface area contributed by atoms with Gasteiger partial charge in [-0.2, -0.15) is 0 Å². The molecule has 0 saturated carbocycles. The van der Waals surface area contributed by atoms with Gasteiger partial charge in [-0.15, -0.1) is 0 Å². The summed E-state index contributed by atoms with van der Waals surface area (Å²) < 4.78 is 19.8. The van der Waals surface area contributed by atoms with E-state index < -0.39 is 17.9 Å². The highest BCUT2D eigenvalue weighted by atomic mass is 16.5. The van der Waals surface area contributed by atoms with Gasteiger partial charge in [-0.1, -0.05) is 250 Å². The topological polar surface area (TPSA) is 143 Å². The van der Waals surface area contributed by atoms with Crippen molar-refractivity contribution in [1.82, 2.24) is 4.90 Å². The molecule has 1 aromatic carbocycles. The number of rotatable bonds is 59. The molecular formula is C63H115NO9. The van der Waals surface area contributed by atoms with E-state index in [9.17, 15) is 14.4 Å². The summed E-state index contributed by atoms with van der Waals surface area (Å²) in [5, 5.41) is 26.3. The summed E-state index contributed by atoms with van der Waals surface area (Å²) in [4.78, 5) is 34.1. The fourth-order valence-corrected chi connectivity index (χ4v) is 10.0. The van der Waals surface area contributed by atoms with Gasteiger partial charge in [0.15, 0.2) is 11.5 Å². The molecular weight excluding hydrogens is 915 g/mol. The zero-order chi connectivity index (χ0) is 52.9. The van der Waals surface area contributed by atoms with Crippen molar-refractivity contribution in [3.8, 4) is 17.2 Å². The third-order valence-corrected chi connectivity index (χ3v) is 14.4. The maximum Gasteiger partial charge on any atom is 0.303 e. The van der Waals surface area contributed by atoms with Gasteiger partial charge in [0.1, 0.15) is 0 Å². The molecule has 0 fully saturated rings. The van der Waals surface area contributed by atoms with Gasteiger partial charge in [0.25, 0.3) is 0 Å². The molecule has 0 atom stereocenters. The average Bonchev–Trinajstić information content (AvgIpc) is 3.35. The maximum atomic E-state index is 10.7. The van der Waals surface area contributed by atoms with Gasteiger partial charge in [-0.05, 0) is 70.3 Å². The number of carboxylic acid groups (broad SMARTS) is 3. The number of unbranched alkanes of at least 4 members (excludes halogenated alkanes) is 42. The number of hydrogen-bond acceptors (Lipinski definition) is 7. The maximum absolute atomic E-state index is 10.7. The van der Waals surface area contributed by atoms with Crippen molar-refractivity contribution in [2.45, 2.75) is 315 Å². The lowest BCUT2D eigenvalue weighted by atomic mass is 10.0. The Balaban J connectivity index is 2.48. The molecule has 0 amide bonds. The second kappa shape index (κ2) is 52.4. The average molecular weight is 1030 g/mol. The van der Waals surface area contributed by atoms with Crippen LogP contribution < -0.4 is 14.2 Å². The Morgan fingerprint density at radius 2 is 0.507 bits per heavy atom. The lowest BCUT2D eigenvalue weighted by Gasteiger charge is -2.20. The summed E-state index contributed by atoms with van der Waals surface area (Å²) in [7, 11) is 4.22. The van der Waals surface area contributed by atoms with Gasteiger partial charge >= 0.3 is 17.9 Å². The first-order chi connectivity index (χ1) is 35.7. The summed E-state index contributed by atoms with van der Waals surface area (Å²) in [5.41, 5.74) is 1.19. The second-order valence-corrected chi connectivity index (χ2v) is 22.0. The summed E-state index contributed by atoms with van der Waals surface area (Å²) in [6.45, 7) is 2.87. The number of benzene rings is 1. The van der Waals surface area contributed by atoms with Crippen LogP contribution in [-0.4, -0.2) is 72.0 Å². The number of aliphatic carboxylic acids is 3. The van der Waals surface area contributed by atoms with Crippen molar-refractivity contribution in [3.05, 3.63) is 17.7 Å². The van der Waals surface area contributed by atoms with Crippen LogP contribution in [0.3, 0.4) is 0 Å². The molecule has 0 aliphatic rings. The molecule has 3 N–H and O–H groups in total. The number of hydrogen-bond donors (Lipinski definition) is 3. The fourth-order valence-electron chi connectivity index (χ4n) is 10.0. The summed E-state index contributed by atoms with van der Waals surface area (Å²) in [6, 6.07) is 4.37. The molecule has 0 aromatic heterocycles. The van der Waals surface area contributed by atoms with Crippen molar-refractivity contribution >= 4 is 17.9 Å². The van der Waals surface area contributed by atoms with Crippen molar-refractivity contribution < 1.29 is 43.9 Å². The Bertz CT molecular complexity index is 1330.